The topological polar surface area (TPSA) is 26.0 Å². The van der Waals surface area contributed by atoms with Crippen molar-refractivity contribution in [3.05, 3.63) is 33.4 Å². The highest BCUT2D eigenvalue weighted by atomic mass is 127. The van der Waals surface area contributed by atoms with Gasteiger partial charge in [-0.1, -0.05) is 38.3 Å². The Balaban J connectivity index is 1.92. The number of rotatable bonds is 6. The summed E-state index contributed by atoms with van der Waals surface area (Å²) in [7, 11) is 0. The molecule has 1 aliphatic rings. The number of hydrogen-bond donors (Lipinski definition) is 1. The quantitative estimate of drug-likeness (QED) is 0.673. The monoisotopic (exact) mass is 385 g/mol. The molecule has 0 spiro atoms. The van der Waals surface area contributed by atoms with E-state index in [0.717, 1.165) is 12.5 Å². The molecule has 1 aliphatic carbocycles. The van der Waals surface area contributed by atoms with E-state index in [9.17, 15) is 0 Å². The SMILES string of the molecule is CCCCC1CCC(CN)(Cc2ccc(I)cc2)CC1. The van der Waals surface area contributed by atoms with Crippen LogP contribution in [0.3, 0.4) is 0 Å². The Kier molecular flexibility index (Phi) is 6.34. The molecular weight excluding hydrogens is 357 g/mol. The van der Waals surface area contributed by atoms with Gasteiger partial charge in [0.25, 0.3) is 0 Å². The second-order valence-electron chi connectivity index (χ2n) is 6.59. The average molecular weight is 385 g/mol. The van der Waals surface area contributed by atoms with Crippen molar-refractivity contribution < 1.29 is 0 Å². The predicted molar refractivity (Wildman–Crippen MR) is 95.8 cm³/mol. The minimum Gasteiger partial charge on any atom is -0.330 e. The van der Waals surface area contributed by atoms with Crippen LogP contribution in [0.15, 0.2) is 24.3 Å². The van der Waals surface area contributed by atoms with E-state index in [1.165, 1.54) is 60.5 Å². The molecule has 0 unspecified atom stereocenters. The van der Waals surface area contributed by atoms with Gasteiger partial charge in [0.15, 0.2) is 0 Å². The largest absolute Gasteiger partial charge is 0.330 e. The van der Waals surface area contributed by atoms with Crippen LogP contribution < -0.4 is 5.73 Å². The lowest BCUT2D eigenvalue weighted by Crippen LogP contribution is -2.36. The molecule has 2 rings (SSSR count). The van der Waals surface area contributed by atoms with Crippen molar-refractivity contribution in [2.75, 3.05) is 6.54 Å². The molecule has 0 aliphatic heterocycles. The fraction of sp³-hybridized carbons (Fsp3) is 0.667. The van der Waals surface area contributed by atoms with Crippen LogP contribution >= 0.6 is 22.6 Å². The molecule has 1 aromatic carbocycles. The Morgan fingerprint density at radius 1 is 1.20 bits per heavy atom. The molecule has 2 heteroatoms. The smallest absolute Gasteiger partial charge is 0.0130 e. The van der Waals surface area contributed by atoms with Crippen molar-refractivity contribution in [3.63, 3.8) is 0 Å². The molecule has 1 fully saturated rings. The number of halogens is 1. The first kappa shape index (κ1) is 16.3. The zero-order valence-electron chi connectivity index (χ0n) is 12.7. The number of unbranched alkanes of at least 4 members (excludes halogenated alkanes) is 1. The predicted octanol–water partition coefficient (Wildman–Crippen LogP) is 5.16. The van der Waals surface area contributed by atoms with Crippen molar-refractivity contribution in [1.82, 2.24) is 0 Å². The van der Waals surface area contributed by atoms with Crippen molar-refractivity contribution in [1.29, 1.82) is 0 Å². The highest BCUT2D eigenvalue weighted by Gasteiger charge is 2.33. The maximum atomic E-state index is 6.16. The van der Waals surface area contributed by atoms with E-state index in [4.69, 9.17) is 5.73 Å². The molecule has 1 aromatic rings. The summed E-state index contributed by atoms with van der Waals surface area (Å²) in [4.78, 5) is 0. The third-order valence-electron chi connectivity index (χ3n) is 5.06. The Morgan fingerprint density at radius 2 is 1.85 bits per heavy atom. The minimum absolute atomic E-state index is 0.371. The maximum Gasteiger partial charge on any atom is 0.0130 e. The second kappa shape index (κ2) is 7.79. The van der Waals surface area contributed by atoms with Gasteiger partial charge in [0.2, 0.25) is 0 Å². The molecule has 0 heterocycles. The van der Waals surface area contributed by atoms with Gasteiger partial charge in [0.1, 0.15) is 0 Å². The Bertz CT molecular complexity index is 390. The number of hydrogen-bond acceptors (Lipinski definition) is 1. The normalized spacial score (nSPS) is 26.6. The zero-order chi connectivity index (χ0) is 14.4. The van der Waals surface area contributed by atoms with E-state index in [0.29, 0.717) is 5.41 Å². The van der Waals surface area contributed by atoms with E-state index >= 15 is 0 Å². The summed E-state index contributed by atoms with van der Waals surface area (Å²) in [6.45, 7) is 3.14. The molecule has 112 valence electrons. The molecule has 20 heavy (non-hydrogen) atoms. The highest BCUT2D eigenvalue weighted by Crippen LogP contribution is 2.42. The van der Waals surface area contributed by atoms with Crippen LogP contribution in [0.5, 0.6) is 0 Å². The van der Waals surface area contributed by atoms with Crippen LogP contribution in [0.1, 0.15) is 57.4 Å². The lowest BCUT2D eigenvalue weighted by molar-refractivity contribution is 0.150. The molecule has 0 saturated heterocycles. The third kappa shape index (κ3) is 4.45. The highest BCUT2D eigenvalue weighted by molar-refractivity contribution is 14.1. The summed E-state index contributed by atoms with van der Waals surface area (Å²) < 4.78 is 1.32. The molecule has 0 radical (unpaired) electrons. The lowest BCUT2D eigenvalue weighted by Gasteiger charge is -2.40. The van der Waals surface area contributed by atoms with Crippen LogP contribution in [-0.2, 0) is 6.42 Å². The number of nitrogens with two attached hydrogens (primary N) is 1. The van der Waals surface area contributed by atoms with Gasteiger partial charge < -0.3 is 5.73 Å². The molecule has 1 saturated carbocycles. The van der Waals surface area contributed by atoms with E-state index in [2.05, 4.69) is 53.8 Å². The summed E-state index contributed by atoms with van der Waals surface area (Å²) in [5, 5.41) is 0. The minimum atomic E-state index is 0.371. The van der Waals surface area contributed by atoms with Gasteiger partial charge in [0, 0.05) is 3.57 Å². The van der Waals surface area contributed by atoms with Gasteiger partial charge in [-0.05, 0) is 90.3 Å². The average Bonchev–Trinajstić information content (AvgIpc) is 2.49. The Hall–Kier alpha value is -0.0900. The van der Waals surface area contributed by atoms with E-state index in [1.807, 2.05) is 0 Å². The molecule has 0 aromatic heterocycles. The summed E-state index contributed by atoms with van der Waals surface area (Å²) in [5.41, 5.74) is 7.99. The van der Waals surface area contributed by atoms with Crippen molar-refractivity contribution in [3.8, 4) is 0 Å². The maximum absolute atomic E-state index is 6.16. The van der Waals surface area contributed by atoms with Crippen LogP contribution in [0.25, 0.3) is 0 Å². The summed E-state index contributed by atoms with van der Waals surface area (Å²) in [5.74, 6) is 0.964. The first-order valence-corrected chi connectivity index (χ1v) is 9.20. The van der Waals surface area contributed by atoms with Crippen molar-refractivity contribution in [2.24, 2.45) is 17.1 Å². The van der Waals surface area contributed by atoms with Crippen LogP contribution in [0, 0.1) is 14.9 Å². The van der Waals surface area contributed by atoms with E-state index in [-0.39, 0.29) is 0 Å². The first-order valence-electron chi connectivity index (χ1n) is 8.12. The number of benzene rings is 1. The van der Waals surface area contributed by atoms with Gasteiger partial charge in [-0.3, -0.25) is 0 Å². The summed E-state index contributed by atoms with van der Waals surface area (Å²) in [6.07, 6.45) is 10.8. The van der Waals surface area contributed by atoms with Crippen LogP contribution in [0.2, 0.25) is 0 Å². The molecule has 0 atom stereocenters. The fourth-order valence-electron chi connectivity index (χ4n) is 3.56. The van der Waals surface area contributed by atoms with Gasteiger partial charge in [0.05, 0.1) is 0 Å². The standard InChI is InChI=1S/C18H28IN/c1-2-3-4-15-9-11-18(14-20,12-10-15)13-16-5-7-17(19)8-6-16/h5-8,15H,2-4,9-14,20H2,1H3. The van der Waals surface area contributed by atoms with Gasteiger partial charge in [-0.15, -0.1) is 0 Å². The molecular formula is C18H28IN. The van der Waals surface area contributed by atoms with Crippen LogP contribution in [0.4, 0.5) is 0 Å². The molecule has 1 nitrogen and oxygen atoms in total. The summed E-state index contributed by atoms with van der Waals surface area (Å²) >= 11 is 2.37. The molecule has 0 bridgehead atoms. The van der Waals surface area contributed by atoms with Gasteiger partial charge >= 0.3 is 0 Å². The van der Waals surface area contributed by atoms with Crippen molar-refractivity contribution in [2.45, 2.75) is 58.3 Å². The lowest BCUT2D eigenvalue weighted by atomic mass is 9.67. The zero-order valence-corrected chi connectivity index (χ0v) is 14.9. The van der Waals surface area contributed by atoms with Gasteiger partial charge in [-0.25, -0.2) is 0 Å². The van der Waals surface area contributed by atoms with Gasteiger partial charge in [-0.2, -0.15) is 0 Å². The first-order chi connectivity index (χ1) is 9.67. The third-order valence-corrected chi connectivity index (χ3v) is 5.78. The fourth-order valence-corrected chi connectivity index (χ4v) is 3.92. The van der Waals surface area contributed by atoms with Crippen molar-refractivity contribution >= 4 is 22.6 Å². The second-order valence-corrected chi connectivity index (χ2v) is 7.84. The Morgan fingerprint density at radius 3 is 2.40 bits per heavy atom. The summed E-state index contributed by atoms with van der Waals surface area (Å²) in [6, 6.07) is 8.99. The van der Waals surface area contributed by atoms with E-state index in [1.54, 1.807) is 0 Å². The Labute approximate surface area is 137 Å². The van der Waals surface area contributed by atoms with Crippen LogP contribution in [-0.4, -0.2) is 6.54 Å². The molecule has 0 amide bonds. The molecule has 2 N–H and O–H groups in total. The van der Waals surface area contributed by atoms with E-state index < -0.39 is 0 Å².